The predicted molar refractivity (Wildman–Crippen MR) is 145 cm³/mol. The third-order valence-corrected chi connectivity index (χ3v) is 8.09. The number of nitrogens with zero attached hydrogens (tertiary/aromatic N) is 3. The molecule has 4 rings (SSSR count). The van der Waals surface area contributed by atoms with E-state index in [-0.39, 0.29) is 18.9 Å². The maximum Gasteiger partial charge on any atom is 0.307 e. The molecule has 2 atom stereocenters. The van der Waals surface area contributed by atoms with Crippen molar-refractivity contribution in [2.45, 2.75) is 57.5 Å². The van der Waals surface area contributed by atoms with Crippen molar-refractivity contribution in [3.05, 3.63) is 64.1 Å². The molecule has 2 unspecified atom stereocenters. The summed E-state index contributed by atoms with van der Waals surface area (Å²) in [6.45, 7) is 5.95. The molecule has 200 valence electrons. The Morgan fingerprint density at radius 2 is 1.81 bits per heavy atom. The first kappa shape index (κ1) is 27.6. The summed E-state index contributed by atoms with van der Waals surface area (Å²) in [5.74, 6) is -0.567. The summed E-state index contributed by atoms with van der Waals surface area (Å²) in [5, 5.41) is 31.6. The van der Waals surface area contributed by atoms with Gasteiger partial charge in [0, 0.05) is 36.3 Å². The van der Waals surface area contributed by atoms with Gasteiger partial charge in [-0.25, -0.2) is 4.90 Å². The fraction of sp³-hybridized carbons (Fsp3) is 0.500. The van der Waals surface area contributed by atoms with Crippen molar-refractivity contribution in [3.63, 3.8) is 0 Å². The fourth-order valence-corrected chi connectivity index (χ4v) is 5.68. The maximum atomic E-state index is 13.8. The molecule has 2 saturated heterocycles. The fourth-order valence-electron chi connectivity index (χ4n) is 5.42. The first-order valence-electron chi connectivity index (χ1n) is 12.9. The van der Waals surface area contributed by atoms with Crippen LogP contribution in [-0.4, -0.2) is 75.1 Å². The molecule has 2 aromatic carbocycles. The van der Waals surface area contributed by atoms with Crippen LogP contribution in [0, 0.1) is 5.92 Å². The molecule has 37 heavy (non-hydrogen) atoms. The minimum Gasteiger partial charge on any atom is -0.481 e. The van der Waals surface area contributed by atoms with Gasteiger partial charge >= 0.3 is 5.97 Å². The highest BCUT2D eigenvalue weighted by atomic mass is 79.9. The standard InChI is InChI=1S/C28H36BrN3O5/c1-19(2)10-13-31-26(36)28(32(27(31)37)18-24(33)21-6-8-22(29)9-7-21)11-14-30(15-12-28)23-5-3-4-20(16-23)17-25(34)35/h3-9,16,19,24,27,33,37H,10-15,17-18H2,1-2H3,(H,34,35). The van der Waals surface area contributed by atoms with Crippen LogP contribution in [0.25, 0.3) is 0 Å². The molecule has 2 aliphatic rings. The van der Waals surface area contributed by atoms with Crippen LogP contribution in [-0.2, 0) is 16.0 Å². The number of hydrogen-bond acceptors (Lipinski definition) is 6. The van der Waals surface area contributed by atoms with Crippen molar-refractivity contribution < 1.29 is 24.9 Å². The summed E-state index contributed by atoms with van der Waals surface area (Å²) in [7, 11) is 0. The average molecular weight is 575 g/mol. The number of anilines is 1. The molecule has 0 aliphatic carbocycles. The number of carboxylic acids is 1. The Morgan fingerprint density at radius 1 is 1.14 bits per heavy atom. The maximum absolute atomic E-state index is 13.8. The molecule has 1 amide bonds. The number of carbonyl (C=O) groups excluding carboxylic acids is 1. The SMILES string of the molecule is CC(C)CCN1C(=O)C2(CCN(c3cccc(CC(=O)O)c3)CC2)N(CC(O)c2ccc(Br)cc2)C1O. The number of benzene rings is 2. The highest BCUT2D eigenvalue weighted by Crippen LogP contribution is 2.41. The van der Waals surface area contributed by atoms with E-state index < -0.39 is 24.0 Å². The van der Waals surface area contributed by atoms with E-state index in [1.165, 1.54) is 0 Å². The van der Waals surface area contributed by atoms with E-state index in [0.29, 0.717) is 38.4 Å². The van der Waals surface area contributed by atoms with Gasteiger partial charge in [0.05, 0.1) is 12.5 Å². The average Bonchev–Trinajstić information content (AvgIpc) is 3.04. The van der Waals surface area contributed by atoms with Gasteiger partial charge in [-0.2, -0.15) is 0 Å². The summed E-state index contributed by atoms with van der Waals surface area (Å²) >= 11 is 3.42. The van der Waals surface area contributed by atoms with Crippen molar-refractivity contribution in [3.8, 4) is 0 Å². The van der Waals surface area contributed by atoms with Crippen molar-refractivity contribution in [2.75, 3.05) is 31.1 Å². The predicted octanol–water partition coefficient (Wildman–Crippen LogP) is 3.62. The first-order valence-corrected chi connectivity index (χ1v) is 13.6. The molecule has 2 aromatic rings. The number of hydrogen-bond donors (Lipinski definition) is 3. The van der Waals surface area contributed by atoms with Crippen LogP contribution in [0.4, 0.5) is 5.69 Å². The summed E-state index contributed by atoms with van der Waals surface area (Å²) in [6, 6.07) is 14.9. The zero-order valence-electron chi connectivity index (χ0n) is 21.4. The Balaban J connectivity index is 1.56. The lowest BCUT2D eigenvalue weighted by atomic mass is 9.85. The molecular weight excluding hydrogens is 538 g/mol. The van der Waals surface area contributed by atoms with Gasteiger partial charge in [0.15, 0.2) is 6.35 Å². The summed E-state index contributed by atoms with van der Waals surface area (Å²) in [4.78, 5) is 30.5. The minimum atomic E-state index is -1.10. The molecule has 9 heteroatoms. The Hall–Kier alpha value is -2.46. The van der Waals surface area contributed by atoms with Crippen LogP contribution in [0.2, 0.25) is 0 Å². The number of amides is 1. The second-order valence-corrected chi connectivity index (χ2v) is 11.4. The van der Waals surface area contributed by atoms with Gasteiger partial charge in [-0.15, -0.1) is 0 Å². The van der Waals surface area contributed by atoms with Crippen LogP contribution >= 0.6 is 15.9 Å². The second-order valence-electron chi connectivity index (χ2n) is 10.5. The minimum absolute atomic E-state index is 0.0389. The lowest BCUT2D eigenvalue weighted by Gasteiger charge is -2.44. The Labute approximate surface area is 226 Å². The normalized spacial score (nSPS) is 20.7. The molecule has 1 spiro atoms. The molecule has 0 aromatic heterocycles. The van der Waals surface area contributed by atoms with Gasteiger partial charge in [0.2, 0.25) is 5.91 Å². The van der Waals surface area contributed by atoms with E-state index in [4.69, 9.17) is 5.11 Å². The van der Waals surface area contributed by atoms with Gasteiger partial charge in [-0.1, -0.05) is 54.0 Å². The van der Waals surface area contributed by atoms with Gasteiger partial charge in [0.25, 0.3) is 0 Å². The molecular formula is C28H36BrN3O5. The Bertz CT molecular complexity index is 1100. The van der Waals surface area contributed by atoms with E-state index in [2.05, 4.69) is 34.7 Å². The number of carboxylic acid groups (broad SMARTS) is 1. The number of piperidine rings is 1. The number of carbonyl (C=O) groups is 2. The van der Waals surface area contributed by atoms with Crippen LogP contribution in [0.15, 0.2) is 53.0 Å². The molecule has 2 fully saturated rings. The number of aliphatic carboxylic acids is 1. The smallest absolute Gasteiger partial charge is 0.307 e. The van der Waals surface area contributed by atoms with Crippen LogP contribution < -0.4 is 4.90 Å². The van der Waals surface area contributed by atoms with Crippen LogP contribution in [0.5, 0.6) is 0 Å². The second kappa shape index (κ2) is 11.5. The van der Waals surface area contributed by atoms with E-state index in [1.807, 2.05) is 42.5 Å². The largest absolute Gasteiger partial charge is 0.481 e. The molecule has 2 heterocycles. The first-order chi connectivity index (χ1) is 17.6. The Kier molecular flexibility index (Phi) is 8.58. The van der Waals surface area contributed by atoms with Crippen molar-refractivity contribution in [1.29, 1.82) is 0 Å². The molecule has 8 nitrogen and oxygen atoms in total. The van der Waals surface area contributed by atoms with Crippen molar-refractivity contribution in [1.82, 2.24) is 9.80 Å². The van der Waals surface area contributed by atoms with E-state index in [1.54, 1.807) is 15.9 Å². The zero-order chi connectivity index (χ0) is 26.7. The van der Waals surface area contributed by atoms with E-state index >= 15 is 0 Å². The monoisotopic (exact) mass is 573 g/mol. The lowest BCUT2D eigenvalue weighted by Crippen LogP contribution is -2.58. The Morgan fingerprint density at radius 3 is 2.43 bits per heavy atom. The molecule has 0 bridgehead atoms. The topological polar surface area (TPSA) is 105 Å². The number of aliphatic hydroxyl groups excluding tert-OH is 2. The van der Waals surface area contributed by atoms with Crippen LogP contribution in [0.1, 0.15) is 50.3 Å². The lowest BCUT2D eigenvalue weighted by molar-refractivity contribution is -0.137. The summed E-state index contributed by atoms with van der Waals surface area (Å²) in [5.41, 5.74) is 1.49. The van der Waals surface area contributed by atoms with E-state index in [0.717, 1.165) is 27.7 Å². The zero-order valence-corrected chi connectivity index (χ0v) is 23.0. The number of halogens is 1. The number of β-amino-alcohol motifs (C(OH)–C–C–N with tert-alkyl or cyclic N) is 1. The highest BCUT2D eigenvalue weighted by molar-refractivity contribution is 9.10. The van der Waals surface area contributed by atoms with E-state index in [9.17, 15) is 19.8 Å². The number of aliphatic hydroxyl groups is 2. The van der Waals surface area contributed by atoms with Crippen molar-refractivity contribution >= 4 is 33.5 Å². The summed E-state index contributed by atoms with van der Waals surface area (Å²) in [6.07, 6.45) is -0.216. The molecule has 3 N–H and O–H groups in total. The highest BCUT2D eigenvalue weighted by Gasteiger charge is 2.58. The van der Waals surface area contributed by atoms with Gasteiger partial charge in [-0.05, 0) is 60.6 Å². The number of rotatable bonds is 9. The molecule has 0 saturated carbocycles. The summed E-state index contributed by atoms with van der Waals surface area (Å²) < 4.78 is 0.913. The van der Waals surface area contributed by atoms with Gasteiger partial charge < -0.3 is 25.1 Å². The molecule has 0 radical (unpaired) electrons. The quantitative estimate of drug-likeness (QED) is 0.421. The van der Waals surface area contributed by atoms with Crippen LogP contribution in [0.3, 0.4) is 0 Å². The van der Waals surface area contributed by atoms with Crippen molar-refractivity contribution in [2.24, 2.45) is 5.92 Å². The molecule has 2 aliphatic heterocycles. The van der Waals surface area contributed by atoms with Gasteiger partial charge in [0.1, 0.15) is 5.54 Å². The van der Waals surface area contributed by atoms with Gasteiger partial charge in [-0.3, -0.25) is 9.59 Å². The third kappa shape index (κ3) is 6.00. The third-order valence-electron chi connectivity index (χ3n) is 7.56.